The van der Waals surface area contributed by atoms with Gasteiger partial charge in [-0.3, -0.25) is 0 Å². The van der Waals surface area contributed by atoms with Crippen LogP contribution in [0.4, 0.5) is 22.7 Å². The third-order valence-corrected chi connectivity index (χ3v) is 2.76. The van der Waals surface area contributed by atoms with E-state index in [-0.39, 0.29) is 0 Å². The molecule has 4 nitrogen and oxygen atoms in total. The summed E-state index contributed by atoms with van der Waals surface area (Å²) in [7, 11) is 3.93. The minimum absolute atomic E-state index is 0.658. The van der Waals surface area contributed by atoms with Crippen molar-refractivity contribution in [3.05, 3.63) is 48.5 Å². The number of hydrogen-bond donors (Lipinski definition) is 0. The maximum absolute atomic E-state index is 4.68. The van der Waals surface area contributed by atoms with Crippen LogP contribution >= 0.6 is 12.2 Å². The number of benzene rings is 2. The Morgan fingerprint density at radius 2 is 1.70 bits per heavy atom. The first-order valence-corrected chi connectivity index (χ1v) is 6.47. The number of nitrogens with zero attached hydrogens (tertiary/aromatic N) is 4. The monoisotopic (exact) mass is 282 g/mol. The van der Waals surface area contributed by atoms with Gasteiger partial charge in [0.25, 0.3) is 0 Å². The van der Waals surface area contributed by atoms with Gasteiger partial charge < -0.3 is 4.90 Å². The van der Waals surface area contributed by atoms with E-state index in [0.717, 1.165) is 11.4 Å². The molecule has 100 valence electrons. The number of isothiocyanates is 1. The molecule has 0 heterocycles. The fourth-order valence-electron chi connectivity index (χ4n) is 1.62. The fourth-order valence-corrected chi connectivity index (χ4v) is 1.72. The summed E-state index contributed by atoms with van der Waals surface area (Å²) in [5.41, 5.74) is 3.14. The molecule has 5 heteroatoms. The standard InChI is InChI=1S/C15H14N4S/c1-19(2)13-8-9-14(15(10-13)16-11-20)18-17-12-6-4-3-5-7-12/h3-10H,1-2H3. The molecule has 2 aromatic carbocycles. The highest BCUT2D eigenvalue weighted by Gasteiger charge is 2.04. The number of hydrogen-bond acceptors (Lipinski definition) is 5. The Kier molecular flexibility index (Phi) is 4.71. The molecule has 20 heavy (non-hydrogen) atoms. The first kappa shape index (κ1) is 14.1. The van der Waals surface area contributed by atoms with Gasteiger partial charge in [0.15, 0.2) is 0 Å². The molecule has 2 aromatic rings. The fraction of sp³-hybridized carbons (Fsp3) is 0.133. The SMILES string of the molecule is CN(C)c1ccc(N=Nc2ccccc2)c(N=C=S)c1. The maximum atomic E-state index is 4.68. The molecule has 0 unspecified atom stereocenters. The predicted octanol–water partition coefficient (Wildman–Crippen LogP) is 4.90. The summed E-state index contributed by atoms with van der Waals surface area (Å²) in [6.45, 7) is 0. The lowest BCUT2D eigenvalue weighted by Crippen LogP contribution is -2.07. The van der Waals surface area contributed by atoms with Crippen molar-refractivity contribution < 1.29 is 0 Å². The summed E-state index contributed by atoms with van der Waals surface area (Å²) in [5.74, 6) is 0. The molecular formula is C15H14N4S. The third kappa shape index (κ3) is 3.57. The van der Waals surface area contributed by atoms with Gasteiger partial charge in [-0.1, -0.05) is 18.2 Å². The number of azo groups is 1. The van der Waals surface area contributed by atoms with E-state index in [1.54, 1.807) is 0 Å². The zero-order valence-electron chi connectivity index (χ0n) is 11.3. The van der Waals surface area contributed by atoms with Gasteiger partial charge >= 0.3 is 0 Å². The molecule has 0 fully saturated rings. The Bertz CT molecular complexity index is 659. The molecule has 0 atom stereocenters. The normalized spacial score (nSPS) is 10.3. The van der Waals surface area contributed by atoms with Crippen molar-refractivity contribution in [2.24, 2.45) is 15.2 Å². The van der Waals surface area contributed by atoms with E-state index in [2.05, 4.69) is 32.6 Å². The van der Waals surface area contributed by atoms with E-state index in [4.69, 9.17) is 0 Å². The molecule has 0 aliphatic rings. The lowest BCUT2D eigenvalue weighted by atomic mass is 10.2. The molecular weight excluding hydrogens is 268 g/mol. The smallest absolute Gasteiger partial charge is 0.112 e. The first-order valence-electron chi connectivity index (χ1n) is 6.07. The Labute approximate surface area is 123 Å². The molecule has 0 radical (unpaired) electrons. The summed E-state index contributed by atoms with van der Waals surface area (Å²) in [5, 5.41) is 10.8. The Hall–Kier alpha value is -2.36. The highest BCUT2D eigenvalue weighted by Crippen LogP contribution is 2.32. The van der Waals surface area contributed by atoms with Gasteiger partial charge in [0.2, 0.25) is 0 Å². The summed E-state index contributed by atoms with van der Waals surface area (Å²) in [6, 6.07) is 15.3. The number of rotatable bonds is 4. The van der Waals surface area contributed by atoms with Crippen LogP contribution in [-0.2, 0) is 0 Å². The number of aliphatic imine (C=N–C) groups is 1. The Morgan fingerprint density at radius 1 is 0.950 bits per heavy atom. The van der Waals surface area contributed by atoms with Crippen LogP contribution in [0.1, 0.15) is 0 Å². The highest BCUT2D eigenvalue weighted by atomic mass is 32.1. The molecule has 0 aliphatic heterocycles. The molecule has 0 aromatic heterocycles. The molecule has 0 saturated heterocycles. The minimum atomic E-state index is 0.658. The molecule has 0 bridgehead atoms. The minimum Gasteiger partial charge on any atom is -0.378 e. The molecule has 2 rings (SSSR count). The second-order valence-electron chi connectivity index (χ2n) is 4.31. The summed E-state index contributed by atoms with van der Waals surface area (Å²) in [6.07, 6.45) is 0. The maximum Gasteiger partial charge on any atom is 0.112 e. The number of anilines is 1. The lowest BCUT2D eigenvalue weighted by Gasteiger charge is -2.12. The quantitative estimate of drug-likeness (QED) is 0.454. The van der Waals surface area contributed by atoms with Crippen LogP contribution in [0.15, 0.2) is 63.8 Å². The average Bonchev–Trinajstić information content (AvgIpc) is 2.47. The van der Waals surface area contributed by atoms with Gasteiger partial charge in [0.05, 0.1) is 10.8 Å². The van der Waals surface area contributed by atoms with Crippen LogP contribution < -0.4 is 4.90 Å². The van der Waals surface area contributed by atoms with Gasteiger partial charge in [-0.2, -0.15) is 10.1 Å². The van der Waals surface area contributed by atoms with Gasteiger partial charge in [-0.05, 0) is 42.5 Å². The molecule has 0 spiro atoms. The topological polar surface area (TPSA) is 40.3 Å². The van der Waals surface area contributed by atoms with E-state index < -0.39 is 0 Å². The van der Waals surface area contributed by atoms with E-state index in [0.29, 0.717) is 11.4 Å². The Balaban J connectivity index is 2.36. The zero-order valence-corrected chi connectivity index (χ0v) is 12.1. The second kappa shape index (κ2) is 6.70. The lowest BCUT2D eigenvalue weighted by molar-refractivity contribution is 1.13. The van der Waals surface area contributed by atoms with Crippen LogP contribution in [0, 0.1) is 0 Å². The van der Waals surface area contributed by atoms with E-state index in [1.165, 1.54) is 0 Å². The van der Waals surface area contributed by atoms with E-state index in [9.17, 15) is 0 Å². The van der Waals surface area contributed by atoms with Crippen molar-refractivity contribution in [3.63, 3.8) is 0 Å². The van der Waals surface area contributed by atoms with Crippen LogP contribution in [0.3, 0.4) is 0 Å². The van der Waals surface area contributed by atoms with E-state index in [1.807, 2.05) is 67.5 Å². The Morgan fingerprint density at radius 3 is 2.35 bits per heavy atom. The zero-order chi connectivity index (χ0) is 14.4. The van der Waals surface area contributed by atoms with Crippen molar-refractivity contribution >= 4 is 40.1 Å². The third-order valence-electron chi connectivity index (χ3n) is 2.67. The van der Waals surface area contributed by atoms with Gasteiger partial charge in [-0.25, -0.2) is 0 Å². The summed E-state index contributed by atoms with van der Waals surface area (Å²) in [4.78, 5) is 6.03. The summed E-state index contributed by atoms with van der Waals surface area (Å²) < 4.78 is 0. The molecule has 0 amide bonds. The highest BCUT2D eigenvalue weighted by molar-refractivity contribution is 7.78. The second-order valence-corrected chi connectivity index (χ2v) is 4.49. The van der Waals surface area contributed by atoms with Crippen molar-refractivity contribution in [3.8, 4) is 0 Å². The van der Waals surface area contributed by atoms with Crippen LogP contribution in [-0.4, -0.2) is 19.3 Å². The van der Waals surface area contributed by atoms with Crippen molar-refractivity contribution in [2.75, 3.05) is 19.0 Å². The molecule has 0 aliphatic carbocycles. The molecule has 0 N–H and O–H groups in total. The van der Waals surface area contributed by atoms with Crippen molar-refractivity contribution in [1.82, 2.24) is 0 Å². The van der Waals surface area contributed by atoms with Crippen LogP contribution in [0.5, 0.6) is 0 Å². The van der Waals surface area contributed by atoms with Crippen LogP contribution in [0.2, 0.25) is 0 Å². The van der Waals surface area contributed by atoms with Crippen molar-refractivity contribution in [2.45, 2.75) is 0 Å². The van der Waals surface area contributed by atoms with Crippen molar-refractivity contribution in [1.29, 1.82) is 0 Å². The first-order chi connectivity index (χ1) is 9.70. The number of thiocarbonyl (C=S) groups is 1. The average molecular weight is 282 g/mol. The van der Waals surface area contributed by atoms with Gasteiger partial charge in [0.1, 0.15) is 11.4 Å². The predicted molar refractivity (Wildman–Crippen MR) is 86.1 cm³/mol. The van der Waals surface area contributed by atoms with Gasteiger partial charge in [0, 0.05) is 19.8 Å². The van der Waals surface area contributed by atoms with Gasteiger partial charge in [-0.15, -0.1) is 5.11 Å². The largest absolute Gasteiger partial charge is 0.378 e. The molecule has 0 saturated carbocycles. The summed E-state index contributed by atoms with van der Waals surface area (Å²) >= 11 is 4.68. The van der Waals surface area contributed by atoms with E-state index >= 15 is 0 Å². The van der Waals surface area contributed by atoms with Crippen LogP contribution in [0.25, 0.3) is 0 Å².